The Morgan fingerprint density at radius 1 is 1.09 bits per heavy atom. The third-order valence-electron chi connectivity index (χ3n) is 7.00. The van der Waals surface area contributed by atoms with Crippen molar-refractivity contribution in [3.8, 4) is 11.3 Å². The molecule has 2 aliphatic heterocycles. The first-order chi connectivity index (χ1) is 16.3. The molecule has 1 saturated heterocycles. The lowest BCUT2D eigenvalue weighted by Crippen LogP contribution is -2.50. The van der Waals surface area contributed by atoms with Crippen LogP contribution in [-0.2, 0) is 20.5 Å². The van der Waals surface area contributed by atoms with Gasteiger partial charge in [-0.25, -0.2) is 23.1 Å². The number of amides is 1. The highest BCUT2D eigenvalue weighted by atomic mass is 19.2. The fourth-order valence-corrected chi connectivity index (χ4v) is 5.54. The molecule has 3 aromatic heterocycles. The number of halogens is 3. The van der Waals surface area contributed by atoms with Gasteiger partial charge in [0.2, 0.25) is 0 Å². The van der Waals surface area contributed by atoms with Gasteiger partial charge in [0.15, 0.2) is 23.1 Å². The average Bonchev–Trinajstić information content (AvgIpc) is 3.35. The Bertz CT molecular complexity index is 1450. The molecule has 2 bridgehead atoms. The van der Waals surface area contributed by atoms with Gasteiger partial charge in [-0.2, -0.15) is 5.10 Å². The summed E-state index contributed by atoms with van der Waals surface area (Å²) < 4.78 is 44.9. The molecule has 2 aliphatic rings. The number of fused-ring (bicyclic) bond motifs is 5. The van der Waals surface area contributed by atoms with E-state index >= 15 is 0 Å². The second-order valence-electron chi connectivity index (χ2n) is 8.99. The van der Waals surface area contributed by atoms with Crippen molar-refractivity contribution in [2.45, 2.75) is 37.8 Å². The summed E-state index contributed by atoms with van der Waals surface area (Å²) in [5, 5.41) is 4.67. The van der Waals surface area contributed by atoms with Crippen molar-refractivity contribution in [1.82, 2.24) is 29.2 Å². The van der Waals surface area contributed by atoms with Crippen molar-refractivity contribution in [2.24, 2.45) is 14.1 Å². The molecule has 10 heteroatoms. The summed E-state index contributed by atoms with van der Waals surface area (Å²) in [7, 11) is 3.53. The SMILES string of the molecule is Cn1nc2c(c1-c1cc(F)c(F)c(F)c1)CC1CCCC2N1C(=O)c1ccnc2c1ncn2C. The molecule has 1 amide bonds. The molecule has 4 aromatic rings. The minimum Gasteiger partial charge on any atom is -0.327 e. The largest absolute Gasteiger partial charge is 0.327 e. The van der Waals surface area contributed by atoms with Gasteiger partial charge in [-0.1, -0.05) is 0 Å². The number of benzene rings is 1. The second-order valence-corrected chi connectivity index (χ2v) is 8.99. The highest BCUT2D eigenvalue weighted by Crippen LogP contribution is 2.45. The number of aromatic nitrogens is 5. The smallest absolute Gasteiger partial charge is 0.257 e. The summed E-state index contributed by atoms with van der Waals surface area (Å²) in [6.07, 6.45) is 6.22. The zero-order valence-corrected chi connectivity index (χ0v) is 18.6. The number of piperidine rings is 1. The van der Waals surface area contributed by atoms with Crippen LogP contribution in [-0.4, -0.2) is 41.2 Å². The predicted molar refractivity (Wildman–Crippen MR) is 117 cm³/mol. The van der Waals surface area contributed by atoms with E-state index in [1.165, 1.54) is 0 Å². The van der Waals surface area contributed by atoms with E-state index in [2.05, 4.69) is 15.1 Å². The Morgan fingerprint density at radius 3 is 2.62 bits per heavy atom. The van der Waals surface area contributed by atoms with Crippen molar-refractivity contribution in [3.63, 3.8) is 0 Å². The first-order valence-electron chi connectivity index (χ1n) is 11.1. The van der Waals surface area contributed by atoms with Crippen LogP contribution in [0.5, 0.6) is 0 Å². The number of pyridine rings is 1. The molecule has 2 atom stereocenters. The Hall–Kier alpha value is -3.69. The minimum atomic E-state index is -1.49. The van der Waals surface area contributed by atoms with Crippen LogP contribution in [0.4, 0.5) is 13.2 Å². The van der Waals surface area contributed by atoms with E-state index in [0.29, 0.717) is 28.8 Å². The molecular formula is C24H21F3N6O. The number of aryl methyl sites for hydroxylation is 2. The van der Waals surface area contributed by atoms with Gasteiger partial charge in [0.05, 0.1) is 29.3 Å². The molecule has 2 unspecified atom stereocenters. The van der Waals surface area contributed by atoms with Gasteiger partial charge in [-0.3, -0.25) is 9.48 Å². The van der Waals surface area contributed by atoms with E-state index in [1.54, 1.807) is 34.9 Å². The average molecular weight is 466 g/mol. The Labute approximate surface area is 192 Å². The van der Waals surface area contributed by atoms with Crippen LogP contribution in [0.15, 0.2) is 30.7 Å². The number of hydrogen-bond acceptors (Lipinski definition) is 4. The van der Waals surface area contributed by atoms with Gasteiger partial charge >= 0.3 is 0 Å². The molecule has 0 aliphatic carbocycles. The summed E-state index contributed by atoms with van der Waals surface area (Å²) >= 11 is 0. The van der Waals surface area contributed by atoms with E-state index in [0.717, 1.165) is 42.7 Å². The van der Waals surface area contributed by atoms with Crippen molar-refractivity contribution >= 4 is 17.1 Å². The van der Waals surface area contributed by atoms with E-state index in [4.69, 9.17) is 0 Å². The highest BCUT2D eigenvalue weighted by Gasteiger charge is 2.44. The Kier molecular flexibility index (Phi) is 4.55. The lowest BCUT2D eigenvalue weighted by molar-refractivity contribution is 0.0393. The quantitative estimate of drug-likeness (QED) is 0.418. The molecule has 0 N–H and O–H groups in total. The summed E-state index contributed by atoms with van der Waals surface area (Å²) in [5.74, 6) is -4.10. The normalized spacial score (nSPS) is 19.5. The summed E-state index contributed by atoms with van der Waals surface area (Å²) in [4.78, 5) is 24.4. The molecular weight excluding hydrogens is 445 g/mol. The van der Waals surface area contributed by atoms with Crippen molar-refractivity contribution in [3.05, 3.63) is 65.0 Å². The van der Waals surface area contributed by atoms with Crippen molar-refractivity contribution in [1.29, 1.82) is 0 Å². The highest BCUT2D eigenvalue weighted by molar-refractivity contribution is 6.04. The van der Waals surface area contributed by atoms with Crippen LogP contribution in [0.25, 0.3) is 22.4 Å². The lowest BCUT2D eigenvalue weighted by Gasteiger charge is -2.45. The van der Waals surface area contributed by atoms with Gasteiger partial charge in [0.25, 0.3) is 5.91 Å². The van der Waals surface area contributed by atoms with Crippen molar-refractivity contribution in [2.75, 3.05) is 0 Å². The maximum absolute atomic E-state index is 14.0. The van der Waals surface area contributed by atoms with Gasteiger partial charge < -0.3 is 9.47 Å². The third-order valence-corrected chi connectivity index (χ3v) is 7.00. The lowest BCUT2D eigenvalue weighted by atomic mass is 9.81. The zero-order chi connectivity index (χ0) is 23.7. The van der Waals surface area contributed by atoms with Crippen LogP contribution in [0.3, 0.4) is 0 Å². The molecule has 1 aromatic carbocycles. The fraction of sp³-hybridized carbons (Fsp3) is 0.333. The van der Waals surface area contributed by atoms with E-state index < -0.39 is 17.5 Å². The molecule has 0 spiro atoms. The number of carbonyl (C=O) groups is 1. The van der Waals surface area contributed by atoms with Crippen LogP contribution in [0.1, 0.15) is 46.9 Å². The molecule has 0 saturated carbocycles. The van der Waals surface area contributed by atoms with Crippen LogP contribution >= 0.6 is 0 Å². The van der Waals surface area contributed by atoms with Crippen LogP contribution in [0, 0.1) is 17.5 Å². The zero-order valence-electron chi connectivity index (χ0n) is 18.6. The molecule has 34 heavy (non-hydrogen) atoms. The third kappa shape index (κ3) is 2.90. The molecule has 6 rings (SSSR count). The molecule has 174 valence electrons. The summed E-state index contributed by atoms with van der Waals surface area (Å²) in [5.41, 5.74) is 4.03. The van der Waals surface area contributed by atoms with Gasteiger partial charge in [0.1, 0.15) is 5.52 Å². The van der Waals surface area contributed by atoms with Gasteiger partial charge in [-0.15, -0.1) is 0 Å². The topological polar surface area (TPSA) is 68.8 Å². The maximum atomic E-state index is 14.0. The maximum Gasteiger partial charge on any atom is 0.257 e. The molecule has 5 heterocycles. The number of imidazole rings is 1. The number of nitrogens with zero attached hydrogens (tertiary/aromatic N) is 6. The number of carbonyl (C=O) groups excluding carboxylic acids is 1. The fourth-order valence-electron chi connectivity index (χ4n) is 5.54. The molecule has 7 nitrogen and oxygen atoms in total. The summed E-state index contributed by atoms with van der Waals surface area (Å²) in [6, 6.07) is 3.33. The second kappa shape index (κ2) is 7.41. The first kappa shape index (κ1) is 20.9. The van der Waals surface area contributed by atoms with Gasteiger partial charge in [0, 0.05) is 37.5 Å². The molecule has 0 radical (unpaired) electrons. The van der Waals surface area contributed by atoms with Crippen molar-refractivity contribution < 1.29 is 18.0 Å². The monoisotopic (exact) mass is 466 g/mol. The van der Waals surface area contributed by atoms with E-state index in [9.17, 15) is 18.0 Å². The number of rotatable bonds is 2. The number of hydrogen-bond donors (Lipinski definition) is 0. The Balaban J connectivity index is 1.46. The van der Waals surface area contributed by atoms with E-state index in [-0.39, 0.29) is 23.6 Å². The minimum absolute atomic E-state index is 0.0937. The van der Waals surface area contributed by atoms with Crippen LogP contribution in [0.2, 0.25) is 0 Å². The Morgan fingerprint density at radius 2 is 1.85 bits per heavy atom. The summed E-state index contributed by atoms with van der Waals surface area (Å²) in [6.45, 7) is 0. The standard InChI is InChI=1S/C24H21F3N6O/c1-31-11-29-21-14(6-7-28-23(21)31)24(34)33-13-4-3-5-18(33)20-15(10-13)22(32(2)30-20)12-8-16(25)19(27)17(26)9-12/h6-9,11,13,18H,3-5,10H2,1-2H3. The molecule has 1 fully saturated rings. The van der Waals surface area contributed by atoms with Gasteiger partial charge in [-0.05, 0) is 43.9 Å². The first-order valence-corrected chi connectivity index (χ1v) is 11.1. The van der Waals surface area contributed by atoms with E-state index in [1.807, 2.05) is 11.9 Å². The van der Waals surface area contributed by atoms with Crippen LogP contribution < -0.4 is 0 Å². The predicted octanol–water partition coefficient (Wildman–Crippen LogP) is 4.08.